The van der Waals surface area contributed by atoms with Crippen LogP contribution < -0.4 is 10.1 Å². The fraction of sp³-hybridized carbons (Fsp3) is 0.250. The van der Waals surface area contributed by atoms with Crippen molar-refractivity contribution >= 4 is 44.8 Å². The molecule has 0 aliphatic rings. The topological polar surface area (TPSA) is 21.3 Å². The highest BCUT2D eigenvalue weighted by molar-refractivity contribution is 9.10. The van der Waals surface area contributed by atoms with Crippen molar-refractivity contribution < 1.29 is 4.74 Å². The minimum Gasteiger partial charge on any atom is -0.491 e. The van der Waals surface area contributed by atoms with Crippen LogP contribution in [0.1, 0.15) is 25.5 Å². The van der Waals surface area contributed by atoms with Crippen molar-refractivity contribution in [3.05, 3.63) is 56.5 Å². The van der Waals surface area contributed by atoms with Gasteiger partial charge < -0.3 is 10.1 Å². The SMILES string of the molecule is CCOc1c(Br)cc(Cl)cc1NC(C)c1ccc(Cl)cc1. The van der Waals surface area contributed by atoms with Crippen LogP contribution in [0.2, 0.25) is 10.0 Å². The number of anilines is 1. The maximum absolute atomic E-state index is 6.13. The van der Waals surface area contributed by atoms with Crippen LogP contribution in [0, 0.1) is 0 Å². The summed E-state index contributed by atoms with van der Waals surface area (Å²) in [4.78, 5) is 0. The summed E-state index contributed by atoms with van der Waals surface area (Å²) in [6, 6.07) is 11.6. The highest BCUT2D eigenvalue weighted by Crippen LogP contribution is 2.38. The van der Waals surface area contributed by atoms with Gasteiger partial charge in [0.2, 0.25) is 0 Å². The van der Waals surface area contributed by atoms with Gasteiger partial charge in [0, 0.05) is 16.1 Å². The molecule has 0 saturated carbocycles. The molecular formula is C16H16BrCl2NO. The Kier molecular flexibility index (Phi) is 5.80. The van der Waals surface area contributed by atoms with Crippen molar-refractivity contribution in [2.75, 3.05) is 11.9 Å². The Morgan fingerprint density at radius 1 is 1.14 bits per heavy atom. The smallest absolute Gasteiger partial charge is 0.156 e. The Balaban J connectivity index is 2.27. The fourth-order valence-corrected chi connectivity index (χ4v) is 3.08. The minimum absolute atomic E-state index is 0.104. The van der Waals surface area contributed by atoms with Crippen molar-refractivity contribution in [2.24, 2.45) is 0 Å². The molecule has 0 aliphatic carbocycles. The highest BCUT2D eigenvalue weighted by Gasteiger charge is 2.13. The highest BCUT2D eigenvalue weighted by atomic mass is 79.9. The molecule has 1 N–H and O–H groups in total. The predicted molar refractivity (Wildman–Crippen MR) is 93.8 cm³/mol. The predicted octanol–water partition coefficient (Wildman–Crippen LogP) is 6.33. The van der Waals surface area contributed by atoms with Gasteiger partial charge in [0.05, 0.1) is 16.8 Å². The van der Waals surface area contributed by atoms with E-state index in [-0.39, 0.29) is 6.04 Å². The maximum Gasteiger partial charge on any atom is 0.156 e. The van der Waals surface area contributed by atoms with Crippen LogP contribution >= 0.6 is 39.1 Å². The van der Waals surface area contributed by atoms with Gasteiger partial charge in [-0.05, 0) is 59.6 Å². The summed E-state index contributed by atoms with van der Waals surface area (Å²) in [5, 5.41) is 4.81. The van der Waals surface area contributed by atoms with Gasteiger partial charge in [-0.2, -0.15) is 0 Å². The lowest BCUT2D eigenvalue weighted by molar-refractivity contribution is 0.339. The molecule has 0 aromatic heterocycles. The number of hydrogen-bond donors (Lipinski definition) is 1. The number of benzene rings is 2. The second-order valence-corrected chi connectivity index (χ2v) is 6.34. The molecule has 0 aliphatic heterocycles. The van der Waals surface area contributed by atoms with Gasteiger partial charge in [-0.15, -0.1) is 0 Å². The molecule has 2 rings (SSSR count). The molecule has 1 atom stereocenters. The van der Waals surface area contributed by atoms with Gasteiger partial charge in [0.1, 0.15) is 0 Å². The zero-order valence-corrected chi connectivity index (χ0v) is 14.9. The van der Waals surface area contributed by atoms with E-state index in [9.17, 15) is 0 Å². The molecule has 0 amide bonds. The standard InChI is InChI=1S/C16H16BrCl2NO/c1-3-21-16-14(17)8-13(19)9-15(16)20-10(2)11-4-6-12(18)7-5-11/h4-10,20H,3H2,1-2H3. The van der Waals surface area contributed by atoms with E-state index >= 15 is 0 Å². The summed E-state index contributed by atoms with van der Waals surface area (Å²) in [7, 11) is 0. The molecule has 0 heterocycles. The monoisotopic (exact) mass is 387 g/mol. The zero-order chi connectivity index (χ0) is 15.4. The van der Waals surface area contributed by atoms with Crippen LogP contribution in [-0.2, 0) is 0 Å². The molecule has 1 unspecified atom stereocenters. The van der Waals surface area contributed by atoms with E-state index in [0.717, 1.165) is 26.5 Å². The third-order valence-corrected chi connectivity index (χ3v) is 4.10. The summed E-state index contributed by atoms with van der Waals surface area (Å²) in [6.45, 7) is 4.62. The lowest BCUT2D eigenvalue weighted by atomic mass is 10.1. The molecule has 112 valence electrons. The van der Waals surface area contributed by atoms with E-state index in [4.69, 9.17) is 27.9 Å². The molecule has 2 nitrogen and oxygen atoms in total. The van der Waals surface area contributed by atoms with E-state index in [2.05, 4.69) is 28.2 Å². The second kappa shape index (κ2) is 7.39. The Bertz CT molecular complexity index is 616. The second-order valence-electron chi connectivity index (χ2n) is 4.61. The molecule has 21 heavy (non-hydrogen) atoms. The summed E-state index contributed by atoms with van der Waals surface area (Å²) in [5.74, 6) is 0.766. The lowest BCUT2D eigenvalue weighted by Crippen LogP contribution is -2.08. The Morgan fingerprint density at radius 2 is 1.81 bits per heavy atom. The molecule has 5 heteroatoms. The first kappa shape index (κ1) is 16.5. The van der Waals surface area contributed by atoms with Crippen LogP contribution in [-0.4, -0.2) is 6.61 Å². The number of halogens is 3. The van der Waals surface area contributed by atoms with Crippen molar-refractivity contribution in [1.29, 1.82) is 0 Å². The number of nitrogens with one attached hydrogen (secondary N) is 1. The lowest BCUT2D eigenvalue weighted by Gasteiger charge is -2.20. The largest absolute Gasteiger partial charge is 0.491 e. The van der Waals surface area contributed by atoms with Gasteiger partial charge in [-0.1, -0.05) is 35.3 Å². The summed E-state index contributed by atoms with van der Waals surface area (Å²) in [6.07, 6.45) is 0. The molecule has 2 aromatic carbocycles. The molecular weight excluding hydrogens is 373 g/mol. The first-order chi connectivity index (χ1) is 10.0. The van der Waals surface area contributed by atoms with Crippen molar-refractivity contribution in [3.63, 3.8) is 0 Å². The number of rotatable bonds is 5. The third kappa shape index (κ3) is 4.29. The van der Waals surface area contributed by atoms with Crippen LogP contribution in [0.15, 0.2) is 40.9 Å². The van der Waals surface area contributed by atoms with E-state index in [1.165, 1.54) is 0 Å². The summed E-state index contributed by atoms with van der Waals surface area (Å²) >= 11 is 15.5. The van der Waals surface area contributed by atoms with Gasteiger partial charge in [-0.25, -0.2) is 0 Å². The maximum atomic E-state index is 6.13. The quantitative estimate of drug-likeness (QED) is 0.646. The van der Waals surface area contributed by atoms with Crippen LogP contribution in [0.3, 0.4) is 0 Å². The van der Waals surface area contributed by atoms with E-state index in [0.29, 0.717) is 11.6 Å². The Hall–Kier alpha value is -0.900. The van der Waals surface area contributed by atoms with Crippen LogP contribution in [0.25, 0.3) is 0 Å². The van der Waals surface area contributed by atoms with Crippen molar-refractivity contribution in [3.8, 4) is 5.75 Å². The molecule has 2 aromatic rings. The van der Waals surface area contributed by atoms with Crippen LogP contribution in [0.4, 0.5) is 5.69 Å². The summed E-state index contributed by atoms with van der Waals surface area (Å²) < 4.78 is 6.53. The van der Waals surface area contributed by atoms with Crippen molar-refractivity contribution in [2.45, 2.75) is 19.9 Å². The Labute approximate surface area is 143 Å². The Morgan fingerprint density at radius 3 is 2.43 bits per heavy atom. The average Bonchev–Trinajstić information content (AvgIpc) is 2.43. The average molecular weight is 389 g/mol. The molecule has 0 bridgehead atoms. The molecule has 0 spiro atoms. The molecule has 0 saturated heterocycles. The first-order valence-corrected chi connectivity index (χ1v) is 8.20. The van der Waals surface area contributed by atoms with Crippen molar-refractivity contribution in [1.82, 2.24) is 0 Å². The van der Waals surface area contributed by atoms with Gasteiger partial charge in [0.15, 0.2) is 5.75 Å². The van der Waals surface area contributed by atoms with E-state index < -0.39 is 0 Å². The third-order valence-electron chi connectivity index (χ3n) is 3.04. The number of ether oxygens (including phenoxy) is 1. The fourth-order valence-electron chi connectivity index (χ4n) is 2.03. The summed E-state index contributed by atoms with van der Waals surface area (Å²) in [5.41, 5.74) is 2.00. The molecule has 0 fully saturated rings. The van der Waals surface area contributed by atoms with E-state index in [1.54, 1.807) is 0 Å². The first-order valence-electron chi connectivity index (χ1n) is 6.65. The van der Waals surface area contributed by atoms with Crippen LogP contribution in [0.5, 0.6) is 5.75 Å². The van der Waals surface area contributed by atoms with E-state index in [1.807, 2.05) is 43.3 Å². The normalized spacial score (nSPS) is 12.0. The van der Waals surface area contributed by atoms with Gasteiger partial charge in [-0.3, -0.25) is 0 Å². The molecule has 0 radical (unpaired) electrons. The zero-order valence-electron chi connectivity index (χ0n) is 11.8. The minimum atomic E-state index is 0.104. The van der Waals surface area contributed by atoms with Gasteiger partial charge in [0.25, 0.3) is 0 Å². The number of hydrogen-bond acceptors (Lipinski definition) is 2. The van der Waals surface area contributed by atoms with Gasteiger partial charge >= 0.3 is 0 Å².